The SMILES string of the molecule is CCC(C)C1CC(NC)c2ccc(OC)cc2O1. The molecule has 100 valence electrons. The van der Waals surface area contributed by atoms with Gasteiger partial charge < -0.3 is 14.8 Å². The van der Waals surface area contributed by atoms with Crippen molar-refractivity contribution in [3.05, 3.63) is 23.8 Å². The lowest BCUT2D eigenvalue weighted by atomic mass is 9.89. The molecule has 1 aromatic rings. The van der Waals surface area contributed by atoms with Gasteiger partial charge in [-0.1, -0.05) is 26.3 Å². The summed E-state index contributed by atoms with van der Waals surface area (Å²) in [6.45, 7) is 4.46. The molecule has 3 nitrogen and oxygen atoms in total. The predicted octanol–water partition coefficient (Wildman–Crippen LogP) is 3.15. The molecule has 0 aliphatic carbocycles. The lowest BCUT2D eigenvalue weighted by Gasteiger charge is -2.35. The molecule has 0 aromatic heterocycles. The molecule has 3 heteroatoms. The molecule has 0 saturated heterocycles. The summed E-state index contributed by atoms with van der Waals surface area (Å²) in [6, 6.07) is 6.46. The van der Waals surface area contributed by atoms with Gasteiger partial charge in [-0.3, -0.25) is 0 Å². The minimum atomic E-state index is 0.284. The first-order valence-electron chi connectivity index (χ1n) is 6.71. The molecular formula is C15H23NO2. The van der Waals surface area contributed by atoms with Gasteiger partial charge in [0.2, 0.25) is 0 Å². The second-order valence-corrected chi connectivity index (χ2v) is 5.02. The second-order valence-electron chi connectivity index (χ2n) is 5.02. The minimum Gasteiger partial charge on any atom is -0.497 e. The lowest BCUT2D eigenvalue weighted by Crippen LogP contribution is -2.35. The monoisotopic (exact) mass is 249 g/mol. The Bertz CT molecular complexity index is 405. The standard InChI is InChI=1S/C15H23NO2/c1-5-10(2)14-9-13(16-3)12-7-6-11(17-4)8-15(12)18-14/h6-8,10,13-14,16H,5,9H2,1-4H3. The topological polar surface area (TPSA) is 30.5 Å². The van der Waals surface area contributed by atoms with Crippen molar-refractivity contribution in [2.75, 3.05) is 14.2 Å². The van der Waals surface area contributed by atoms with Crippen LogP contribution in [-0.4, -0.2) is 20.3 Å². The number of nitrogens with one attached hydrogen (secondary N) is 1. The van der Waals surface area contributed by atoms with E-state index in [1.165, 1.54) is 5.56 Å². The number of ether oxygens (including phenoxy) is 2. The van der Waals surface area contributed by atoms with Crippen LogP contribution in [0.1, 0.15) is 38.3 Å². The van der Waals surface area contributed by atoms with Gasteiger partial charge in [0.1, 0.15) is 17.6 Å². The molecule has 0 amide bonds. The third kappa shape index (κ3) is 2.46. The summed E-state index contributed by atoms with van der Waals surface area (Å²) in [6.07, 6.45) is 2.46. The Morgan fingerprint density at radius 2 is 2.28 bits per heavy atom. The maximum Gasteiger partial charge on any atom is 0.128 e. The van der Waals surface area contributed by atoms with Crippen molar-refractivity contribution >= 4 is 0 Å². The molecule has 0 spiro atoms. The first-order valence-corrected chi connectivity index (χ1v) is 6.71. The van der Waals surface area contributed by atoms with Crippen molar-refractivity contribution in [1.29, 1.82) is 0 Å². The van der Waals surface area contributed by atoms with Crippen LogP contribution in [0.2, 0.25) is 0 Å². The van der Waals surface area contributed by atoms with Crippen LogP contribution in [0, 0.1) is 5.92 Å². The molecular weight excluding hydrogens is 226 g/mol. The molecule has 0 fully saturated rings. The Kier molecular flexibility index (Phi) is 4.12. The fourth-order valence-electron chi connectivity index (χ4n) is 2.49. The van der Waals surface area contributed by atoms with Gasteiger partial charge in [0.25, 0.3) is 0 Å². The highest BCUT2D eigenvalue weighted by molar-refractivity contribution is 5.44. The zero-order valence-corrected chi connectivity index (χ0v) is 11.7. The normalized spacial score (nSPS) is 24.0. The summed E-state index contributed by atoms with van der Waals surface area (Å²) in [5.41, 5.74) is 1.23. The van der Waals surface area contributed by atoms with E-state index in [9.17, 15) is 0 Å². The fraction of sp³-hybridized carbons (Fsp3) is 0.600. The van der Waals surface area contributed by atoms with Gasteiger partial charge in [-0.25, -0.2) is 0 Å². The molecule has 18 heavy (non-hydrogen) atoms. The Hall–Kier alpha value is -1.22. The summed E-state index contributed by atoms with van der Waals surface area (Å²) in [4.78, 5) is 0. The molecule has 3 unspecified atom stereocenters. The van der Waals surface area contributed by atoms with Crippen molar-refractivity contribution in [1.82, 2.24) is 5.32 Å². The Morgan fingerprint density at radius 1 is 1.50 bits per heavy atom. The van der Waals surface area contributed by atoms with Crippen LogP contribution in [-0.2, 0) is 0 Å². The van der Waals surface area contributed by atoms with Crippen molar-refractivity contribution in [2.45, 2.75) is 38.8 Å². The maximum atomic E-state index is 6.14. The largest absolute Gasteiger partial charge is 0.497 e. The van der Waals surface area contributed by atoms with Crippen molar-refractivity contribution < 1.29 is 9.47 Å². The lowest BCUT2D eigenvalue weighted by molar-refractivity contribution is 0.0991. The van der Waals surface area contributed by atoms with E-state index in [1.807, 2.05) is 19.2 Å². The van der Waals surface area contributed by atoms with Gasteiger partial charge in [-0.05, 0) is 19.0 Å². The van der Waals surface area contributed by atoms with Crippen LogP contribution in [0.15, 0.2) is 18.2 Å². The molecule has 1 aliphatic rings. The number of methoxy groups -OCH3 is 1. The van der Waals surface area contributed by atoms with E-state index in [0.717, 1.165) is 24.3 Å². The first-order chi connectivity index (χ1) is 8.69. The van der Waals surface area contributed by atoms with Crippen LogP contribution in [0.25, 0.3) is 0 Å². The van der Waals surface area contributed by atoms with Crippen LogP contribution in [0.3, 0.4) is 0 Å². The zero-order chi connectivity index (χ0) is 13.1. The number of fused-ring (bicyclic) bond motifs is 1. The molecule has 3 atom stereocenters. The highest BCUT2D eigenvalue weighted by atomic mass is 16.5. The van der Waals surface area contributed by atoms with E-state index in [1.54, 1.807) is 7.11 Å². The van der Waals surface area contributed by atoms with Crippen molar-refractivity contribution in [3.63, 3.8) is 0 Å². The fourth-order valence-corrected chi connectivity index (χ4v) is 2.49. The molecule has 2 rings (SSSR count). The Labute approximate surface area is 109 Å². The number of benzene rings is 1. The van der Waals surface area contributed by atoms with Crippen LogP contribution in [0.5, 0.6) is 11.5 Å². The molecule has 1 aromatic carbocycles. The summed E-state index contributed by atoms with van der Waals surface area (Å²) >= 11 is 0. The van der Waals surface area contributed by atoms with Gasteiger partial charge in [-0.2, -0.15) is 0 Å². The highest BCUT2D eigenvalue weighted by Crippen LogP contribution is 2.39. The molecule has 0 bridgehead atoms. The number of rotatable bonds is 4. The number of hydrogen-bond donors (Lipinski definition) is 1. The second kappa shape index (κ2) is 5.61. The van der Waals surface area contributed by atoms with Gasteiger partial charge >= 0.3 is 0 Å². The molecule has 1 N–H and O–H groups in total. The predicted molar refractivity (Wildman–Crippen MR) is 73.3 cm³/mol. The van der Waals surface area contributed by atoms with E-state index in [-0.39, 0.29) is 6.10 Å². The summed E-state index contributed by atoms with van der Waals surface area (Å²) in [7, 11) is 3.70. The summed E-state index contributed by atoms with van der Waals surface area (Å²) in [5, 5.41) is 3.39. The third-order valence-corrected chi connectivity index (χ3v) is 3.97. The van der Waals surface area contributed by atoms with E-state index in [4.69, 9.17) is 9.47 Å². The Balaban J connectivity index is 2.30. The maximum absolute atomic E-state index is 6.14. The van der Waals surface area contributed by atoms with E-state index < -0.39 is 0 Å². The molecule has 0 radical (unpaired) electrons. The third-order valence-electron chi connectivity index (χ3n) is 3.97. The average Bonchev–Trinajstić information content (AvgIpc) is 2.44. The zero-order valence-electron chi connectivity index (χ0n) is 11.7. The Morgan fingerprint density at radius 3 is 2.89 bits per heavy atom. The van der Waals surface area contributed by atoms with E-state index in [2.05, 4.69) is 25.2 Å². The highest BCUT2D eigenvalue weighted by Gasteiger charge is 2.30. The van der Waals surface area contributed by atoms with Crippen LogP contribution in [0.4, 0.5) is 0 Å². The quantitative estimate of drug-likeness (QED) is 0.889. The molecule has 1 aliphatic heterocycles. The van der Waals surface area contributed by atoms with Gasteiger partial charge in [0, 0.05) is 24.1 Å². The summed E-state index contributed by atoms with van der Waals surface area (Å²) < 4.78 is 11.4. The van der Waals surface area contributed by atoms with Gasteiger partial charge in [-0.15, -0.1) is 0 Å². The molecule has 0 saturated carbocycles. The molecule has 1 heterocycles. The van der Waals surface area contributed by atoms with Crippen molar-refractivity contribution in [2.24, 2.45) is 5.92 Å². The van der Waals surface area contributed by atoms with Gasteiger partial charge in [0.15, 0.2) is 0 Å². The minimum absolute atomic E-state index is 0.284. The first kappa shape index (κ1) is 13.2. The van der Waals surface area contributed by atoms with Crippen molar-refractivity contribution in [3.8, 4) is 11.5 Å². The van der Waals surface area contributed by atoms with E-state index in [0.29, 0.717) is 12.0 Å². The summed E-state index contributed by atoms with van der Waals surface area (Å²) in [5.74, 6) is 2.39. The number of hydrogen-bond acceptors (Lipinski definition) is 3. The smallest absolute Gasteiger partial charge is 0.128 e. The van der Waals surface area contributed by atoms with Crippen LogP contribution >= 0.6 is 0 Å². The van der Waals surface area contributed by atoms with E-state index >= 15 is 0 Å². The van der Waals surface area contributed by atoms with Gasteiger partial charge in [0.05, 0.1) is 7.11 Å². The van der Waals surface area contributed by atoms with Crippen LogP contribution < -0.4 is 14.8 Å². The average molecular weight is 249 g/mol.